The fraction of sp³-hybridized carbons (Fsp3) is 0.412. The second-order valence-electron chi connectivity index (χ2n) is 6.05. The first-order valence-corrected chi connectivity index (χ1v) is 10.4. The summed E-state index contributed by atoms with van der Waals surface area (Å²) in [5.74, 6) is 0. The molecule has 1 aromatic carbocycles. The van der Waals surface area contributed by atoms with E-state index in [9.17, 15) is 8.42 Å². The highest BCUT2D eigenvalue weighted by Gasteiger charge is 2.26. The van der Waals surface area contributed by atoms with Crippen LogP contribution in [-0.2, 0) is 10.0 Å². The maximum Gasteiger partial charge on any atom is 0.250 e. The Balaban J connectivity index is 1.75. The summed E-state index contributed by atoms with van der Waals surface area (Å²) in [6, 6.07) is 13.6. The van der Waals surface area contributed by atoms with Crippen LogP contribution in [0, 0.1) is 0 Å². The molecule has 1 fully saturated rings. The average Bonchev–Trinajstić information content (AvgIpc) is 3.13. The predicted molar refractivity (Wildman–Crippen MR) is 97.8 cm³/mol. The number of likely N-dealkylation sites (N-methyl/N-ethyl adjacent to an activating group) is 1. The summed E-state index contributed by atoms with van der Waals surface area (Å²) < 4.78 is 28.0. The van der Waals surface area contributed by atoms with Gasteiger partial charge in [0.1, 0.15) is 4.21 Å². The molecule has 24 heavy (non-hydrogen) atoms. The van der Waals surface area contributed by atoms with E-state index < -0.39 is 10.0 Å². The molecule has 0 bridgehead atoms. The van der Waals surface area contributed by atoms with E-state index in [4.69, 9.17) is 0 Å². The maximum atomic E-state index is 12.4. The number of nitrogens with one attached hydrogen (secondary N) is 1. The van der Waals surface area contributed by atoms with E-state index in [0.29, 0.717) is 10.8 Å². The van der Waals surface area contributed by atoms with Crippen molar-refractivity contribution in [3.63, 3.8) is 0 Å². The van der Waals surface area contributed by atoms with Crippen molar-refractivity contribution >= 4 is 21.4 Å². The molecule has 0 radical (unpaired) electrons. The molecule has 7 heteroatoms. The molecule has 1 N–H and O–H groups in total. The van der Waals surface area contributed by atoms with Gasteiger partial charge in [0.25, 0.3) is 0 Å². The highest BCUT2D eigenvalue weighted by atomic mass is 32.2. The standard InChI is InChI=1S/C17H23N3O2S2/c1-19-9-11-20(12-10-19)16(15-6-3-2-4-7-15)14-18-24(21,22)17-8-5-13-23-17/h2-8,13,16,18H,9-12,14H2,1H3. The van der Waals surface area contributed by atoms with Crippen LogP contribution in [0.5, 0.6) is 0 Å². The Morgan fingerprint density at radius 2 is 1.79 bits per heavy atom. The van der Waals surface area contributed by atoms with Crippen LogP contribution in [0.2, 0.25) is 0 Å². The van der Waals surface area contributed by atoms with Crippen molar-refractivity contribution in [2.75, 3.05) is 39.8 Å². The fourth-order valence-electron chi connectivity index (χ4n) is 2.94. The van der Waals surface area contributed by atoms with Gasteiger partial charge < -0.3 is 4.90 Å². The van der Waals surface area contributed by atoms with Gasteiger partial charge in [-0.15, -0.1) is 11.3 Å². The highest BCUT2D eigenvalue weighted by Crippen LogP contribution is 2.23. The number of thiophene rings is 1. The molecule has 2 aromatic rings. The quantitative estimate of drug-likeness (QED) is 0.851. The van der Waals surface area contributed by atoms with E-state index in [-0.39, 0.29) is 6.04 Å². The molecule has 130 valence electrons. The van der Waals surface area contributed by atoms with Crippen molar-refractivity contribution in [2.45, 2.75) is 10.3 Å². The Morgan fingerprint density at radius 3 is 2.42 bits per heavy atom. The number of hydrogen-bond acceptors (Lipinski definition) is 5. The number of nitrogens with zero attached hydrogens (tertiary/aromatic N) is 2. The lowest BCUT2D eigenvalue weighted by molar-refractivity contribution is 0.113. The number of rotatable bonds is 6. The Labute approximate surface area is 148 Å². The molecule has 1 aliphatic rings. The number of sulfonamides is 1. The van der Waals surface area contributed by atoms with Crippen LogP contribution < -0.4 is 4.72 Å². The largest absolute Gasteiger partial charge is 0.304 e. The second-order valence-corrected chi connectivity index (χ2v) is 8.99. The highest BCUT2D eigenvalue weighted by molar-refractivity contribution is 7.91. The molecule has 0 saturated carbocycles. The fourth-order valence-corrected chi connectivity index (χ4v) is 5.02. The first-order chi connectivity index (χ1) is 11.6. The molecule has 2 heterocycles. The van der Waals surface area contributed by atoms with Crippen LogP contribution in [0.15, 0.2) is 52.1 Å². The zero-order valence-electron chi connectivity index (χ0n) is 13.8. The molecule has 1 aliphatic heterocycles. The number of hydrogen-bond donors (Lipinski definition) is 1. The van der Waals surface area contributed by atoms with Crippen molar-refractivity contribution < 1.29 is 8.42 Å². The van der Waals surface area contributed by atoms with Crippen molar-refractivity contribution in [3.8, 4) is 0 Å². The zero-order valence-corrected chi connectivity index (χ0v) is 15.4. The van der Waals surface area contributed by atoms with Crippen LogP contribution in [-0.4, -0.2) is 58.0 Å². The molecular weight excluding hydrogens is 342 g/mol. The molecule has 0 amide bonds. The summed E-state index contributed by atoms with van der Waals surface area (Å²) in [6.07, 6.45) is 0. The Bertz CT molecular complexity index is 724. The van der Waals surface area contributed by atoms with Crippen LogP contribution in [0.25, 0.3) is 0 Å². The molecule has 0 spiro atoms. The van der Waals surface area contributed by atoms with Gasteiger partial charge in [-0.3, -0.25) is 4.90 Å². The lowest BCUT2D eigenvalue weighted by Crippen LogP contribution is -2.48. The zero-order chi connectivity index (χ0) is 17.0. The van der Waals surface area contributed by atoms with Gasteiger partial charge >= 0.3 is 0 Å². The smallest absolute Gasteiger partial charge is 0.250 e. The normalized spacial score (nSPS) is 18.5. The molecule has 0 aliphatic carbocycles. The average molecular weight is 366 g/mol. The minimum absolute atomic E-state index is 0.0506. The van der Waals surface area contributed by atoms with Gasteiger partial charge in [0.05, 0.1) is 0 Å². The van der Waals surface area contributed by atoms with Gasteiger partial charge in [-0.25, -0.2) is 13.1 Å². The monoisotopic (exact) mass is 365 g/mol. The SMILES string of the molecule is CN1CCN(C(CNS(=O)(=O)c2cccs2)c2ccccc2)CC1. The molecule has 1 atom stereocenters. The van der Waals surface area contributed by atoms with Crippen molar-refractivity contribution in [3.05, 3.63) is 53.4 Å². The molecule has 3 rings (SSSR count). The Morgan fingerprint density at radius 1 is 1.08 bits per heavy atom. The van der Waals surface area contributed by atoms with Gasteiger partial charge in [-0.05, 0) is 24.1 Å². The third kappa shape index (κ3) is 4.23. The van der Waals surface area contributed by atoms with Crippen molar-refractivity contribution in [1.29, 1.82) is 0 Å². The first-order valence-electron chi connectivity index (χ1n) is 8.07. The van der Waals surface area contributed by atoms with Crippen LogP contribution >= 0.6 is 11.3 Å². The first kappa shape index (κ1) is 17.6. The van der Waals surface area contributed by atoms with Crippen molar-refractivity contribution in [1.82, 2.24) is 14.5 Å². The summed E-state index contributed by atoms with van der Waals surface area (Å²) in [5, 5.41) is 1.78. The lowest BCUT2D eigenvalue weighted by atomic mass is 10.0. The van der Waals surface area contributed by atoms with E-state index >= 15 is 0 Å². The van der Waals surface area contributed by atoms with Gasteiger partial charge in [-0.2, -0.15) is 0 Å². The summed E-state index contributed by atoms with van der Waals surface area (Å²) >= 11 is 1.24. The summed E-state index contributed by atoms with van der Waals surface area (Å²) in [4.78, 5) is 4.67. The number of benzene rings is 1. The van der Waals surface area contributed by atoms with Gasteiger partial charge in [0.15, 0.2) is 0 Å². The minimum Gasteiger partial charge on any atom is -0.304 e. The summed E-state index contributed by atoms with van der Waals surface area (Å²) in [6.45, 7) is 4.27. The molecule has 1 saturated heterocycles. The minimum atomic E-state index is -3.44. The van der Waals surface area contributed by atoms with Crippen LogP contribution in [0.3, 0.4) is 0 Å². The molecule has 5 nitrogen and oxygen atoms in total. The third-order valence-electron chi connectivity index (χ3n) is 4.39. The second kappa shape index (κ2) is 7.76. The Kier molecular flexibility index (Phi) is 5.68. The van der Waals surface area contributed by atoms with Gasteiger partial charge in [0.2, 0.25) is 10.0 Å². The van der Waals surface area contributed by atoms with Crippen LogP contribution in [0.4, 0.5) is 0 Å². The molecular formula is C17H23N3O2S2. The Hall–Kier alpha value is -1.25. The summed E-state index contributed by atoms with van der Waals surface area (Å²) in [5.41, 5.74) is 1.15. The molecule has 1 unspecified atom stereocenters. The van der Waals surface area contributed by atoms with Crippen LogP contribution in [0.1, 0.15) is 11.6 Å². The van der Waals surface area contributed by atoms with E-state index in [0.717, 1.165) is 31.7 Å². The van der Waals surface area contributed by atoms with E-state index in [1.54, 1.807) is 17.5 Å². The third-order valence-corrected chi connectivity index (χ3v) is 7.21. The van der Waals surface area contributed by atoms with Gasteiger partial charge in [-0.1, -0.05) is 36.4 Å². The van der Waals surface area contributed by atoms with E-state index in [1.165, 1.54) is 11.3 Å². The lowest BCUT2D eigenvalue weighted by Gasteiger charge is -2.38. The topological polar surface area (TPSA) is 52.6 Å². The predicted octanol–water partition coefficient (Wildman–Crippen LogP) is 2.02. The number of piperazine rings is 1. The van der Waals surface area contributed by atoms with E-state index in [1.807, 2.05) is 18.2 Å². The van der Waals surface area contributed by atoms with E-state index in [2.05, 4.69) is 33.7 Å². The maximum absolute atomic E-state index is 12.4. The summed E-state index contributed by atoms with van der Waals surface area (Å²) in [7, 11) is -1.32. The molecule has 1 aromatic heterocycles. The van der Waals surface area contributed by atoms with Crippen molar-refractivity contribution in [2.24, 2.45) is 0 Å². The van der Waals surface area contributed by atoms with Gasteiger partial charge in [0, 0.05) is 38.8 Å².